The SMILES string of the molecule is CCOC(=O)C=CC(F)(F)CF. The van der Waals surface area contributed by atoms with E-state index in [4.69, 9.17) is 0 Å². The fourth-order valence-electron chi connectivity index (χ4n) is 0.425. The molecule has 0 atom stereocenters. The van der Waals surface area contributed by atoms with Crippen LogP contribution in [-0.2, 0) is 9.53 Å². The van der Waals surface area contributed by atoms with Crippen molar-refractivity contribution >= 4 is 5.97 Å². The fourth-order valence-corrected chi connectivity index (χ4v) is 0.425. The van der Waals surface area contributed by atoms with Crippen molar-refractivity contribution in [2.24, 2.45) is 0 Å². The van der Waals surface area contributed by atoms with Crippen LogP contribution >= 0.6 is 0 Å². The number of halogens is 3. The van der Waals surface area contributed by atoms with Gasteiger partial charge in [-0.05, 0) is 13.0 Å². The van der Waals surface area contributed by atoms with Gasteiger partial charge in [0.05, 0.1) is 6.61 Å². The maximum Gasteiger partial charge on any atom is 0.330 e. The average molecular weight is 182 g/mol. The Kier molecular flexibility index (Phi) is 4.39. The predicted molar refractivity (Wildman–Crippen MR) is 36.7 cm³/mol. The van der Waals surface area contributed by atoms with Gasteiger partial charge >= 0.3 is 5.97 Å². The highest BCUT2D eigenvalue weighted by Gasteiger charge is 2.24. The van der Waals surface area contributed by atoms with Crippen LogP contribution < -0.4 is 0 Å². The number of alkyl halides is 3. The predicted octanol–water partition coefficient (Wildman–Crippen LogP) is 1.71. The molecule has 0 aliphatic carbocycles. The number of hydrogen-bond donors (Lipinski definition) is 0. The standard InChI is InChI=1S/C7H9F3O2/c1-2-12-6(11)3-4-7(9,10)5-8/h3-4H,2,5H2,1H3. The first kappa shape index (κ1) is 11.0. The number of carbonyl (C=O) groups is 1. The van der Waals surface area contributed by atoms with Crippen molar-refractivity contribution in [2.75, 3.05) is 13.3 Å². The number of ether oxygens (including phenoxy) is 1. The molecule has 0 saturated carbocycles. The number of hydrogen-bond acceptors (Lipinski definition) is 2. The van der Waals surface area contributed by atoms with E-state index in [1.165, 1.54) is 0 Å². The van der Waals surface area contributed by atoms with E-state index in [0.29, 0.717) is 6.08 Å². The van der Waals surface area contributed by atoms with Crippen LogP contribution in [0.3, 0.4) is 0 Å². The van der Waals surface area contributed by atoms with Crippen molar-refractivity contribution in [3.63, 3.8) is 0 Å². The Morgan fingerprint density at radius 3 is 2.58 bits per heavy atom. The third-order valence-electron chi connectivity index (χ3n) is 0.928. The van der Waals surface area contributed by atoms with E-state index in [2.05, 4.69) is 4.74 Å². The number of rotatable bonds is 4. The Labute approximate surface area is 68.0 Å². The largest absolute Gasteiger partial charge is 0.463 e. The van der Waals surface area contributed by atoms with Gasteiger partial charge in [-0.15, -0.1) is 0 Å². The number of allylic oxidation sites excluding steroid dienone is 1. The third-order valence-corrected chi connectivity index (χ3v) is 0.928. The highest BCUT2D eigenvalue weighted by atomic mass is 19.3. The van der Waals surface area contributed by atoms with Crippen molar-refractivity contribution in [1.29, 1.82) is 0 Å². The van der Waals surface area contributed by atoms with E-state index in [-0.39, 0.29) is 12.7 Å². The summed E-state index contributed by atoms with van der Waals surface area (Å²) in [5.41, 5.74) is 0. The maximum atomic E-state index is 12.1. The first-order chi connectivity index (χ1) is 5.52. The Morgan fingerprint density at radius 1 is 1.58 bits per heavy atom. The zero-order valence-electron chi connectivity index (χ0n) is 6.52. The van der Waals surface area contributed by atoms with Gasteiger partial charge in [0, 0.05) is 6.08 Å². The molecule has 0 aliphatic rings. The minimum Gasteiger partial charge on any atom is -0.463 e. The summed E-state index contributed by atoms with van der Waals surface area (Å²) in [7, 11) is 0. The Hall–Kier alpha value is -1.00. The van der Waals surface area contributed by atoms with Crippen LogP contribution in [0.1, 0.15) is 6.92 Å². The maximum absolute atomic E-state index is 12.1. The van der Waals surface area contributed by atoms with Gasteiger partial charge in [-0.2, -0.15) is 8.78 Å². The minimum atomic E-state index is -3.58. The van der Waals surface area contributed by atoms with Crippen LogP contribution in [0, 0.1) is 0 Å². The van der Waals surface area contributed by atoms with E-state index in [9.17, 15) is 18.0 Å². The van der Waals surface area contributed by atoms with E-state index in [1.54, 1.807) is 6.92 Å². The van der Waals surface area contributed by atoms with Crippen molar-refractivity contribution in [3.05, 3.63) is 12.2 Å². The fraction of sp³-hybridized carbons (Fsp3) is 0.571. The molecule has 2 nitrogen and oxygen atoms in total. The Balaban J connectivity index is 3.97. The zero-order valence-corrected chi connectivity index (χ0v) is 6.52. The van der Waals surface area contributed by atoms with Gasteiger partial charge < -0.3 is 4.74 Å². The number of carbonyl (C=O) groups excluding carboxylic acids is 1. The first-order valence-electron chi connectivity index (χ1n) is 3.31. The molecule has 70 valence electrons. The van der Waals surface area contributed by atoms with Crippen LogP contribution in [0.5, 0.6) is 0 Å². The van der Waals surface area contributed by atoms with E-state index < -0.39 is 18.6 Å². The van der Waals surface area contributed by atoms with Crippen molar-refractivity contribution in [2.45, 2.75) is 12.8 Å². The van der Waals surface area contributed by atoms with Crippen LogP contribution in [0.2, 0.25) is 0 Å². The molecule has 5 heteroatoms. The highest BCUT2D eigenvalue weighted by molar-refractivity contribution is 5.82. The van der Waals surface area contributed by atoms with E-state index >= 15 is 0 Å². The third kappa shape index (κ3) is 4.76. The molecule has 0 N–H and O–H groups in total. The van der Waals surface area contributed by atoms with Gasteiger partial charge in [0.25, 0.3) is 5.92 Å². The molecule has 0 aliphatic heterocycles. The lowest BCUT2D eigenvalue weighted by atomic mass is 10.3. The summed E-state index contributed by atoms with van der Waals surface area (Å²) in [6, 6.07) is 0. The quantitative estimate of drug-likeness (QED) is 0.488. The van der Waals surface area contributed by atoms with Crippen LogP contribution in [0.4, 0.5) is 13.2 Å². The Morgan fingerprint density at radius 2 is 2.17 bits per heavy atom. The normalized spacial score (nSPS) is 12.0. The first-order valence-corrected chi connectivity index (χ1v) is 3.31. The second-order valence-corrected chi connectivity index (χ2v) is 1.98. The average Bonchev–Trinajstić information content (AvgIpc) is 2.02. The van der Waals surface area contributed by atoms with Gasteiger partial charge in [-0.1, -0.05) is 0 Å². The summed E-state index contributed by atoms with van der Waals surface area (Å²) in [5, 5.41) is 0. The molecule has 0 heterocycles. The molecular weight excluding hydrogens is 173 g/mol. The monoisotopic (exact) mass is 182 g/mol. The molecule has 0 amide bonds. The van der Waals surface area contributed by atoms with Crippen molar-refractivity contribution in [1.82, 2.24) is 0 Å². The number of esters is 1. The second-order valence-electron chi connectivity index (χ2n) is 1.98. The molecule has 0 unspecified atom stereocenters. The van der Waals surface area contributed by atoms with Crippen molar-refractivity contribution in [3.8, 4) is 0 Å². The lowest BCUT2D eigenvalue weighted by Crippen LogP contribution is -2.15. The van der Waals surface area contributed by atoms with Gasteiger partial charge in [0.1, 0.15) is 0 Å². The molecule has 0 radical (unpaired) electrons. The zero-order chi connectivity index (χ0) is 9.61. The molecule has 0 aromatic heterocycles. The Bertz CT molecular complexity index is 177. The van der Waals surface area contributed by atoms with Crippen molar-refractivity contribution < 1.29 is 22.7 Å². The molecule has 0 spiro atoms. The van der Waals surface area contributed by atoms with Crippen LogP contribution in [0.15, 0.2) is 12.2 Å². The molecular formula is C7H9F3O2. The van der Waals surface area contributed by atoms with E-state index in [1.807, 2.05) is 0 Å². The topological polar surface area (TPSA) is 26.3 Å². The summed E-state index contributed by atoms with van der Waals surface area (Å²) in [4.78, 5) is 10.4. The van der Waals surface area contributed by atoms with Gasteiger partial charge in [-0.3, -0.25) is 0 Å². The second kappa shape index (κ2) is 4.79. The molecule has 0 aromatic carbocycles. The molecule has 0 rings (SSSR count). The lowest BCUT2D eigenvalue weighted by molar-refractivity contribution is -0.137. The van der Waals surface area contributed by atoms with Gasteiger partial charge in [0.15, 0.2) is 6.67 Å². The molecule has 0 bridgehead atoms. The minimum absolute atomic E-state index is 0.102. The van der Waals surface area contributed by atoms with E-state index in [0.717, 1.165) is 0 Å². The summed E-state index contributed by atoms with van der Waals surface area (Å²) in [5.74, 6) is -4.47. The molecule has 0 fully saturated rings. The summed E-state index contributed by atoms with van der Waals surface area (Å²) < 4.78 is 39.9. The van der Waals surface area contributed by atoms with Gasteiger partial charge in [0.2, 0.25) is 0 Å². The molecule has 0 saturated heterocycles. The summed E-state index contributed by atoms with van der Waals surface area (Å²) in [6.07, 6.45) is 0.702. The molecule has 12 heavy (non-hydrogen) atoms. The summed E-state index contributed by atoms with van der Waals surface area (Å²) in [6.45, 7) is -0.174. The van der Waals surface area contributed by atoms with Crippen LogP contribution in [-0.4, -0.2) is 25.2 Å². The summed E-state index contributed by atoms with van der Waals surface area (Å²) >= 11 is 0. The van der Waals surface area contributed by atoms with Crippen LogP contribution in [0.25, 0.3) is 0 Å². The lowest BCUT2D eigenvalue weighted by Gasteiger charge is -2.04. The highest BCUT2D eigenvalue weighted by Crippen LogP contribution is 2.15. The van der Waals surface area contributed by atoms with Gasteiger partial charge in [-0.25, -0.2) is 9.18 Å². The smallest absolute Gasteiger partial charge is 0.330 e. The molecule has 0 aromatic rings.